The van der Waals surface area contributed by atoms with E-state index in [0.717, 1.165) is 14.9 Å². The number of ether oxygens (including phenoxy) is 1. The van der Waals surface area contributed by atoms with Crippen LogP contribution >= 0.6 is 22.6 Å². The van der Waals surface area contributed by atoms with E-state index in [1.165, 1.54) is 21.2 Å². The second-order valence-corrected chi connectivity index (χ2v) is 6.15. The second-order valence-electron chi connectivity index (χ2n) is 4.98. The monoisotopic (exact) mass is 424 g/mol. The van der Waals surface area contributed by atoms with Gasteiger partial charge in [-0.15, -0.1) is 0 Å². The highest BCUT2D eigenvalue weighted by Gasteiger charge is 2.10. The van der Waals surface area contributed by atoms with Gasteiger partial charge in [-0.3, -0.25) is 9.59 Å². The van der Waals surface area contributed by atoms with Crippen molar-refractivity contribution in [2.24, 2.45) is 0 Å². The maximum Gasteiger partial charge on any atom is 0.279 e. The number of halogens is 1. The third-order valence-corrected chi connectivity index (χ3v) is 4.43. The van der Waals surface area contributed by atoms with Crippen LogP contribution in [0.4, 0.5) is 0 Å². The van der Waals surface area contributed by atoms with Gasteiger partial charge in [0.05, 0.1) is 17.2 Å². The molecule has 0 saturated carbocycles. The third-order valence-electron chi connectivity index (χ3n) is 3.54. The quantitative estimate of drug-likeness (QED) is 0.652. The summed E-state index contributed by atoms with van der Waals surface area (Å²) >= 11 is 2.17. The molecule has 0 aliphatic heterocycles. The lowest BCUT2D eigenvalue weighted by Gasteiger charge is -2.11. The van der Waals surface area contributed by atoms with Crippen molar-refractivity contribution >= 4 is 28.1 Å². The first-order valence-electron chi connectivity index (χ1n) is 6.77. The summed E-state index contributed by atoms with van der Waals surface area (Å²) in [5, 5.41) is 9.88. The van der Waals surface area contributed by atoms with Gasteiger partial charge in [0.25, 0.3) is 5.56 Å². The van der Waals surface area contributed by atoms with Crippen molar-refractivity contribution in [3.05, 3.63) is 72.6 Å². The smallest absolute Gasteiger partial charge is 0.279 e. The van der Waals surface area contributed by atoms with Crippen LogP contribution in [0.3, 0.4) is 0 Å². The Hall–Kier alpha value is -2.29. The Morgan fingerprint density at radius 3 is 2.70 bits per heavy atom. The number of fused-ring (bicyclic) bond motifs is 1. The molecular weight excluding hydrogens is 411 g/mol. The summed E-state index contributed by atoms with van der Waals surface area (Å²) in [4.78, 5) is 24.1. The van der Waals surface area contributed by atoms with Gasteiger partial charge in [-0.25, -0.2) is 0 Å². The van der Waals surface area contributed by atoms with Crippen molar-refractivity contribution in [3.8, 4) is 11.5 Å². The molecule has 0 unspecified atom stereocenters. The first kappa shape index (κ1) is 15.6. The highest BCUT2D eigenvalue weighted by Crippen LogP contribution is 2.22. The van der Waals surface area contributed by atoms with Crippen molar-refractivity contribution in [1.29, 1.82) is 0 Å². The lowest BCUT2D eigenvalue weighted by atomic mass is 10.2. The number of methoxy groups -OCH3 is 1. The number of hydrogen-bond donors (Lipinski definition) is 1. The Bertz CT molecular complexity index is 1010. The minimum absolute atomic E-state index is 0.0301. The molecule has 7 heteroatoms. The summed E-state index contributed by atoms with van der Waals surface area (Å²) < 4.78 is 9.13. The van der Waals surface area contributed by atoms with Crippen molar-refractivity contribution in [1.82, 2.24) is 8.97 Å². The van der Waals surface area contributed by atoms with Crippen LogP contribution in [0.25, 0.3) is 5.52 Å². The summed E-state index contributed by atoms with van der Waals surface area (Å²) in [6, 6.07) is 6.88. The van der Waals surface area contributed by atoms with E-state index in [4.69, 9.17) is 4.74 Å². The third kappa shape index (κ3) is 2.83. The fourth-order valence-corrected chi connectivity index (χ4v) is 2.91. The van der Waals surface area contributed by atoms with Crippen LogP contribution in [0.15, 0.2) is 52.4 Å². The van der Waals surface area contributed by atoms with Gasteiger partial charge in [-0.05, 0) is 40.3 Å². The largest absolute Gasteiger partial charge is 0.503 e. The molecule has 0 radical (unpaired) electrons. The van der Waals surface area contributed by atoms with Crippen LogP contribution in [0.5, 0.6) is 11.5 Å². The van der Waals surface area contributed by atoms with Crippen molar-refractivity contribution in [3.63, 3.8) is 0 Å². The molecule has 0 bridgehead atoms. The lowest BCUT2D eigenvalue weighted by molar-refractivity contribution is 0.411. The average Bonchev–Trinajstić information content (AvgIpc) is 2.55. The van der Waals surface area contributed by atoms with Gasteiger partial charge in [0.1, 0.15) is 5.75 Å². The Morgan fingerprint density at radius 2 is 1.96 bits per heavy atom. The molecule has 2 aromatic heterocycles. The van der Waals surface area contributed by atoms with Crippen LogP contribution in [-0.4, -0.2) is 21.2 Å². The van der Waals surface area contributed by atoms with E-state index < -0.39 is 16.7 Å². The maximum atomic E-state index is 12.5. The summed E-state index contributed by atoms with van der Waals surface area (Å²) in [7, 11) is 1.59. The Labute approximate surface area is 144 Å². The Kier molecular flexibility index (Phi) is 4.12. The molecule has 0 amide bonds. The van der Waals surface area contributed by atoms with E-state index in [2.05, 4.69) is 22.6 Å². The molecule has 0 aliphatic carbocycles. The minimum Gasteiger partial charge on any atom is -0.503 e. The predicted molar refractivity (Wildman–Crippen MR) is 94.4 cm³/mol. The fourth-order valence-electron chi connectivity index (χ4n) is 2.36. The predicted octanol–water partition coefficient (Wildman–Crippen LogP) is 1.83. The summed E-state index contributed by atoms with van der Waals surface area (Å²) in [5.41, 5.74) is -0.153. The minimum atomic E-state index is -0.573. The molecule has 2 heterocycles. The van der Waals surface area contributed by atoms with Crippen molar-refractivity contribution in [2.75, 3.05) is 7.11 Å². The van der Waals surface area contributed by atoms with Gasteiger partial charge in [-0.2, -0.15) is 0 Å². The summed E-state index contributed by atoms with van der Waals surface area (Å²) in [6.07, 6.45) is 4.69. The molecule has 3 rings (SSSR count). The van der Waals surface area contributed by atoms with E-state index in [1.807, 2.05) is 18.2 Å². The van der Waals surface area contributed by atoms with E-state index in [1.54, 1.807) is 19.5 Å². The van der Waals surface area contributed by atoms with Crippen LogP contribution in [0.2, 0.25) is 0 Å². The normalized spacial score (nSPS) is 10.9. The van der Waals surface area contributed by atoms with Gasteiger partial charge in [0.2, 0.25) is 5.43 Å². The molecule has 0 fully saturated rings. The maximum absolute atomic E-state index is 12.5. The van der Waals surface area contributed by atoms with E-state index >= 15 is 0 Å². The number of hydrogen-bond acceptors (Lipinski definition) is 4. The molecule has 23 heavy (non-hydrogen) atoms. The number of benzene rings is 1. The molecule has 1 N–H and O–H groups in total. The molecule has 0 spiro atoms. The zero-order valence-corrected chi connectivity index (χ0v) is 14.4. The molecular formula is C16H13IN2O4. The van der Waals surface area contributed by atoms with Crippen LogP contribution in [-0.2, 0) is 6.54 Å². The van der Waals surface area contributed by atoms with Gasteiger partial charge in [0.15, 0.2) is 11.3 Å². The molecule has 6 nitrogen and oxygen atoms in total. The van der Waals surface area contributed by atoms with Crippen LogP contribution < -0.4 is 15.7 Å². The van der Waals surface area contributed by atoms with Crippen LogP contribution in [0.1, 0.15) is 5.56 Å². The highest BCUT2D eigenvalue weighted by atomic mass is 127. The number of pyridine rings is 1. The van der Waals surface area contributed by atoms with Gasteiger partial charge in [0, 0.05) is 24.7 Å². The van der Waals surface area contributed by atoms with Crippen molar-refractivity contribution in [2.45, 2.75) is 6.54 Å². The highest BCUT2D eigenvalue weighted by molar-refractivity contribution is 14.1. The van der Waals surface area contributed by atoms with Crippen molar-refractivity contribution < 1.29 is 9.84 Å². The van der Waals surface area contributed by atoms with E-state index in [9.17, 15) is 14.7 Å². The first-order chi connectivity index (χ1) is 11.0. The zero-order valence-electron chi connectivity index (χ0n) is 12.2. The van der Waals surface area contributed by atoms with E-state index in [-0.39, 0.29) is 5.52 Å². The van der Waals surface area contributed by atoms with Gasteiger partial charge in [-0.1, -0.05) is 6.07 Å². The molecule has 118 valence electrons. The summed E-state index contributed by atoms with van der Waals surface area (Å²) in [6.45, 7) is 0.311. The molecule has 0 aliphatic rings. The number of nitrogens with zero attached hydrogens (tertiary/aromatic N) is 2. The molecule has 0 saturated heterocycles. The molecule has 3 aromatic rings. The first-order valence-corrected chi connectivity index (χ1v) is 7.85. The van der Waals surface area contributed by atoms with E-state index in [0.29, 0.717) is 6.54 Å². The molecule has 1 aromatic carbocycles. The fraction of sp³-hybridized carbons (Fsp3) is 0.125. The second kappa shape index (κ2) is 6.07. The average molecular weight is 424 g/mol. The van der Waals surface area contributed by atoms with Gasteiger partial charge >= 0.3 is 0 Å². The van der Waals surface area contributed by atoms with Crippen LogP contribution in [0, 0.1) is 3.57 Å². The zero-order chi connectivity index (χ0) is 16.6. The molecule has 0 atom stereocenters. The Morgan fingerprint density at radius 1 is 1.17 bits per heavy atom. The standard InChI is InChI=1S/C16H13IN2O4/c1-23-13-8-10(2-3-11(13)17)9-19-7-6-18-5-4-12(20)15(21)14(18)16(19)22/h2-8,21H,9H2,1H3. The number of aromatic nitrogens is 2. The topological polar surface area (TPSA) is 72.9 Å². The SMILES string of the molecule is COc1cc(Cn2ccn3ccc(=O)c(O)c3c2=O)ccc1I. The Balaban J connectivity index is 2.11. The summed E-state index contributed by atoms with van der Waals surface area (Å²) in [5.74, 6) is 0.197. The lowest BCUT2D eigenvalue weighted by Crippen LogP contribution is -2.24. The number of aromatic hydroxyl groups is 1. The number of rotatable bonds is 3. The van der Waals surface area contributed by atoms with Gasteiger partial charge < -0.3 is 18.8 Å².